The van der Waals surface area contributed by atoms with Crippen molar-refractivity contribution in [2.45, 2.75) is 12.8 Å². The van der Waals surface area contributed by atoms with Gasteiger partial charge < -0.3 is 5.32 Å². The predicted molar refractivity (Wildman–Crippen MR) is 84.1 cm³/mol. The zero-order valence-corrected chi connectivity index (χ0v) is 12.4. The molecule has 2 amide bonds. The Morgan fingerprint density at radius 3 is 2.43 bits per heavy atom. The van der Waals surface area contributed by atoms with Gasteiger partial charge in [-0.3, -0.25) is 4.84 Å². The highest BCUT2D eigenvalue weighted by molar-refractivity contribution is 5.88. The van der Waals surface area contributed by atoms with Crippen molar-refractivity contribution in [2.75, 3.05) is 19.5 Å². The summed E-state index contributed by atoms with van der Waals surface area (Å²) in [6.07, 6.45) is 1.92. The molecule has 0 aliphatic rings. The van der Waals surface area contributed by atoms with Gasteiger partial charge in [-0.25, -0.2) is 9.86 Å². The lowest BCUT2D eigenvalue weighted by Gasteiger charge is -2.15. The Hall–Kier alpha value is -2.33. The van der Waals surface area contributed by atoms with Gasteiger partial charge in [-0.1, -0.05) is 42.5 Å². The van der Waals surface area contributed by atoms with Crippen LogP contribution in [0.2, 0.25) is 0 Å². The van der Waals surface area contributed by atoms with Crippen LogP contribution in [0.4, 0.5) is 10.5 Å². The lowest BCUT2D eigenvalue weighted by Crippen LogP contribution is -2.30. The third-order valence-electron chi connectivity index (χ3n) is 3.28. The summed E-state index contributed by atoms with van der Waals surface area (Å²) in [5.74, 6) is 0. The molecule has 2 aromatic rings. The van der Waals surface area contributed by atoms with E-state index in [-0.39, 0.29) is 6.03 Å². The monoisotopic (exact) mass is 284 g/mol. The summed E-state index contributed by atoms with van der Waals surface area (Å²) in [7, 11) is 3.02. The zero-order valence-electron chi connectivity index (χ0n) is 12.4. The molecule has 0 saturated heterocycles. The van der Waals surface area contributed by atoms with E-state index in [0.717, 1.165) is 23.6 Å². The second-order valence-corrected chi connectivity index (χ2v) is 4.80. The number of benzene rings is 2. The molecule has 0 spiro atoms. The Morgan fingerprint density at radius 2 is 1.71 bits per heavy atom. The Kier molecular flexibility index (Phi) is 5.35. The Morgan fingerprint density at radius 1 is 1.05 bits per heavy atom. The number of amides is 2. The first kappa shape index (κ1) is 15.1. The smallest absolute Gasteiger partial charge is 0.306 e. The number of hydroxylamine groups is 2. The van der Waals surface area contributed by atoms with E-state index in [1.54, 1.807) is 7.05 Å². The van der Waals surface area contributed by atoms with Crippen molar-refractivity contribution in [2.24, 2.45) is 0 Å². The number of nitrogens with one attached hydrogen (secondary N) is 1. The summed E-state index contributed by atoms with van der Waals surface area (Å²) in [6, 6.07) is 17.9. The van der Waals surface area contributed by atoms with Crippen LogP contribution in [0.25, 0.3) is 0 Å². The third-order valence-corrected chi connectivity index (χ3v) is 3.28. The maximum absolute atomic E-state index is 11.7. The van der Waals surface area contributed by atoms with Gasteiger partial charge in [-0.05, 0) is 36.1 Å². The molecule has 1 N–H and O–H groups in total. The van der Waals surface area contributed by atoms with E-state index in [1.165, 1.54) is 18.2 Å². The lowest BCUT2D eigenvalue weighted by atomic mass is 10.0. The molecule has 0 heterocycles. The van der Waals surface area contributed by atoms with Crippen LogP contribution in [0.3, 0.4) is 0 Å². The fourth-order valence-corrected chi connectivity index (χ4v) is 2.02. The van der Waals surface area contributed by atoms with Crippen LogP contribution in [0.1, 0.15) is 11.1 Å². The summed E-state index contributed by atoms with van der Waals surface area (Å²) in [5, 5.41) is 3.94. The predicted octanol–water partition coefficient (Wildman–Crippen LogP) is 3.50. The normalized spacial score (nSPS) is 10.2. The topological polar surface area (TPSA) is 41.6 Å². The first-order valence-electron chi connectivity index (χ1n) is 6.90. The molecule has 4 nitrogen and oxygen atoms in total. The van der Waals surface area contributed by atoms with Gasteiger partial charge >= 0.3 is 6.03 Å². The van der Waals surface area contributed by atoms with Gasteiger partial charge in [0.2, 0.25) is 0 Å². The van der Waals surface area contributed by atoms with Crippen LogP contribution in [-0.4, -0.2) is 25.3 Å². The van der Waals surface area contributed by atoms with E-state index >= 15 is 0 Å². The average Bonchev–Trinajstić information content (AvgIpc) is 2.53. The molecule has 0 aliphatic heterocycles. The van der Waals surface area contributed by atoms with E-state index in [4.69, 9.17) is 4.84 Å². The quantitative estimate of drug-likeness (QED) is 0.854. The molecule has 0 unspecified atom stereocenters. The van der Waals surface area contributed by atoms with Gasteiger partial charge in [0.15, 0.2) is 0 Å². The molecule has 0 aliphatic carbocycles. The number of carbonyl (C=O) groups excluding carboxylic acids is 1. The highest BCUT2D eigenvalue weighted by Gasteiger charge is 2.07. The minimum atomic E-state index is -0.294. The van der Waals surface area contributed by atoms with Crippen molar-refractivity contribution >= 4 is 11.7 Å². The SMILES string of the molecule is CON(C)C(=O)Nc1cccc(CCc2ccccc2)c1. The molecular weight excluding hydrogens is 264 g/mol. The van der Waals surface area contributed by atoms with Gasteiger partial charge in [0, 0.05) is 12.7 Å². The Bertz CT molecular complexity index is 584. The Balaban J connectivity index is 1.96. The van der Waals surface area contributed by atoms with Crippen molar-refractivity contribution in [3.05, 3.63) is 65.7 Å². The van der Waals surface area contributed by atoms with Crippen molar-refractivity contribution in [1.29, 1.82) is 0 Å². The third kappa shape index (κ3) is 4.61. The number of hydrogen-bond donors (Lipinski definition) is 1. The molecule has 110 valence electrons. The fraction of sp³-hybridized carbons (Fsp3) is 0.235. The number of hydrogen-bond acceptors (Lipinski definition) is 2. The number of rotatable bonds is 5. The van der Waals surface area contributed by atoms with Crippen LogP contribution in [0, 0.1) is 0 Å². The van der Waals surface area contributed by atoms with E-state index in [9.17, 15) is 4.79 Å². The highest BCUT2D eigenvalue weighted by Crippen LogP contribution is 2.14. The van der Waals surface area contributed by atoms with Gasteiger partial charge in [-0.2, -0.15) is 0 Å². The number of anilines is 1. The summed E-state index contributed by atoms with van der Waals surface area (Å²) in [4.78, 5) is 16.6. The molecule has 0 radical (unpaired) electrons. The summed E-state index contributed by atoms with van der Waals surface area (Å²) < 4.78 is 0. The second kappa shape index (κ2) is 7.45. The van der Waals surface area contributed by atoms with E-state index < -0.39 is 0 Å². The van der Waals surface area contributed by atoms with Crippen LogP contribution in [0.5, 0.6) is 0 Å². The largest absolute Gasteiger partial charge is 0.345 e. The fourth-order valence-electron chi connectivity index (χ4n) is 2.02. The molecule has 21 heavy (non-hydrogen) atoms. The number of carbonyl (C=O) groups is 1. The molecule has 0 saturated carbocycles. The highest BCUT2D eigenvalue weighted by atomic mass is 16.7. The first-order valence-corrected chi connectivity index (χ1v) is 6.90. The molecule has 2 aromatic carbocycles. The standard InChI is InChI=1S/C17H20N2O2/c1-19(21-2)17(20)18-16-10-6-9-15(13-16)12-11-14-7-4-3-5-8-14/h3-10,13H,11-12H2,1-2H3,(H,18,20). The van der Waals surface area contributed by atoms with Gasteiger partial charge in [0.05, 0.1) is 7.11 Å². The summed E-state index contributed by atoms with van der Waals surface area (Å²) in [6.45, 7) is 0. The average molecular weight is 284 g/mol. The minimum Gasteiger partial charge on any atom is -0.306 e. The number of aryl methyl sites for hydroxylation is 2. The Labute approximate surface area is 125 Å². The van der Waals surface area contributed by atoms with Crippen LogP contribution in [-0.2, 0) is 17.7 Å². The molecule has 2 rings (SSSR count). The van der Waals surface area contributed by atoms with Gasteiger partial charge in [0.25, 0.3) is 0 Å². The summed E-state index contributed by atoms with van der Waals surface area (Å²) >= 11 is 0. The van der Waals surface area contributed by atoms with Crippen molar-refractivity contribution < 1.29 is 9.63 Å². The number of urea groups is 1. The summed E-state index contributed by atoms with van der Waals surface area (Å²) in [5.41, 5.74) is 3.28. The van der Waals surface area contributed by atoms with Crippen LogP contribution >= 0.6 is 0 Å². The molecule has 0 bridgehead atoms. The molecule has 0 atom stereocenters. The maximum atomic E-state index is 11.7. The molecule has 0 fully saturated rings. The molecule has 4 heteroatoms. The minimum absolute atomic E-state index is 0.294. The van der Waals surface area contributed by atoms with Crippen molar-refractivity contribution in [3.8, 4) is 0 Å². The molecule has 0 aromatic heterocycles. The van der Waals surface area contributed by atoms with Gasteiger partial charge in [0.1, 0.15) is 0 Å². The van der Waals surface area contributed by atoms with Crippen LogP contribution in [0.15, 0.2) is 54.6 Å². The maximum Gasteiger partial charge on any atom is 0.345 e. The number of nitrogens with zero attached hydrogens (tertiary/aromatic N) is 1. The van der Waals surface area contributed by atoms with Gasteiger partial charge in [-0.15, -0.1) is 0 Å². The molecular formula is C17H20N2O2. The van der Waals surface area contributed by atoms with Crippen molar-refractivity contribution in [1.82, 2.24) is 5.06 Å². The van der Waals surface area contributed by atoms with E-state index in [1.807, 2.05) is 36.4 Å². The second-order valence-electron chi connectivity index (χ2n) is 4.80. The van der Waals surface area contributed by atoms with E-state index in [2.05, 4.69) is 23.5 Å². The first-order chi connectivity index (χ1) is 10.2. The zero-order chi connectivity index (χ0) is 15.1. The van der Waals surface area contributed by atoms with Crippen molar-refractivity contribution in [3.63, 3.8) is 0 Å². The lowest BCUT2D eigenvalue weighted by molar-refractivity contribution is -0.0598. The van der Waals surface area contributed by atoms with E-state index in [0.29, 0.717) is 0 Å². The van der Waals surface area contributed by atoms with Crippen LogP contribution < -0.4 is 5.32 Å².